The normalized spacial score (nSPS) is 15.4. The second-order valence-electron chi connectivity index (χ2n) is 5.07. The van der Waals surface area contributed by atoms with Crippen LogP contribution in [0.3, 0.4) is 0 Å². The van der Waals surface area contributed by atoms with E-state index in [1.807, 2.05) is 13.8 Å². The molecular formula is C14H16N2O4. The maximum absolute atomic E-state index is 12.2. The molecule has 1 heterocycles. The molecule has 0 bridgehead atoms. The molecule has 1 unspecified atom stereocenters. The van der Waals surface area contributed by atoms with Gasteiger partial charge in [-0.05, 0) is 18.1 Å². The van der Waals surface area contributed by atoms with Crippen molar-refractivity contribution in [2.24, 2.45) is 5.92 Å². The maximum Gasteiger partial charge on any atom is 0.404 e. The van der Waals surface area contributed by atoms with E-state index in [-0.39, 0.29) is 24.3 Å². The van der Waals surface area contributed by atoms with Crippen molar-refractivity contribution in [2.75, 3.05) is 6.54 Å². The fourth-order valence-electron chi connectivity index (χ4n) is 2.18. The molecule has 1 atom stereocenters. The highest BCUT2D eigenvalue weighted by Gasteiger charge is 2.37. The van der Waals surface area contributed by atoms with E-state index < -0.39 is 12.1 Å². The van der Waals surface area contributed by atoms with Gasteiger partial charge in [-0.3, -0.25) is 14.5 Å². The number of nitrogens with one attached hydrogen (secondary N) is 1. The van der Waals surface area contributed by atoms with E-state index in [1.54, 1.807) is 24.3 Å². The molecule has 0 aromatic heterocycles. The summed E-state index contributed by atoms with van der Waals surface area (Å²) in [4.78, 5) is 36.2. The molecule has 106 valence electrons. The number of carbonyl (C=O) groups is 3. The number of nitrogens with zero attached hydrogens (tertiary/aromatic N) is 1. The molecule has 6 nitrogen and oxygen atoms in total. The van der Waals surface area contributed by atoms with Gasteiger partial charge in [0.15, 0.2) is 0 Å². The molecule has 3 amide bonds. The molecule has 2 N–H and O–H groups in total. The van der Waals surface area contributed by atoms with Crippen LogP contribution in [0.15, 0.2) is 24.3 Å². The van der Waals surface area contributed by atoms with Gasteiger partial charge in [0.25, 0.3) is 11.8 Å². The van der Waals surface area contributed by atoms with Crippen molar-refractivity contribution in [3.05, 3.63) is 35.4 Å². The lowest BCUT2D eigenvalue weighted by atomic mass is 10.0. The molecule has 20 heavy (non-hydrogen) atoms. The minimum atomic E-state index is -1.17. The zero-order chi connectivity index (χ0) is 14.9. The van der Waals surface area contributed by atoms with Gasteiger partial charge in [-0.15, -0.1) is 0 Å². The van der Waals surface area contributed by atoms with Gasteiger partial charge in [0.05, 0.1) is 17.2 Å². The van der Waals surface area contributed by atoms with Crippen LogP contribution in [0.1, 0.15) is 34.6 Å². The SMILES string of the molecule is CC(C)C(CN1C(=O)c2ccccc2C1=O)NC(=O)O. The third kappa shape index (κ3) is 2.49. The van der Waals surface area contributed by atoms with E-state index in [4.69, 9.17) is 5.11 Å². The van der Waals surface area contributed by atoms with Crippen molar-refractivity contribution in [1.29, 1.82) is 0 Å². The van der Waals surface area contributed by atoms with Crippen LogP contribution in [0.25, 0.3) is 0 Å². The van der Waals surface area contributed by atoms with Gasteiger partial charge in [-0.25, -0.2) is 4.79 Å². The number of hydrogen-bond acceptors (Lipinski definition) is 3. The van der Waals surface area contributed by atoms with E-state index in [2.05, 4.69) is 5.32 Å². The number of rotatable bonds is 4. The molecule has 2 rings (SSSR count). The van der Waals surface area contributed by atoms with Gasteiger partial charge in [0.1, 0.15) is 0 Å². The highest BCUT2D eigenvalue weighted by molar-refractivity contribution is 6.21. The average Bonchev–Trinajstić information content (AvgIpc) is 2.63. The zero-order valence-electron chi connectivity index (χ0n) is 11.3. The Balaban J connectivity index is 2.21. The summed E-state index contributed by atoms with van der Waals surface area (Å²) in [5.74, 6) is -0.776. The van der Waals surface area contributed by atoms with Crippen LogP contribution in [0.4, 0.5) is 4.79 Å². The largest absolute Gasteiger partial charge is 0.465 e. The van der Waals surface area contributed by atoms with Gasteiger partial charge in [0.2, 0.25) is 0 Å². The first-order valence-corrected chi connectivity index (χ1v) is 6.36. The first kappa shape index (κ1) is 14.0. The fraction of sp³-hybridized carbons (Fsp3) is 0.357. The minimum Gasteiger partial charge on any atom is -0.465 e. The molecule has 1 aliphatic rings. The van der Waals surface area contributed by atoms with Crippen molar-refractivity contribution in [3.63, 3.8) is 0 Å². The lowest BCUT2D eigenvalue weighted by molar-refractivity contribution is 0.0626. The second-order valence-corrected chi connectivity index (χ2v) is 5.07. The van der Waals surface area contributed by atoms with Crippen molar-refractivity contribution >= 4 is 17.9 Å². The molecule has 1 aliphatic heterocycles. The van der Waals surface area contributed by atoms with Crippen molar-refractivity contribution in [2.45, 2.75) is 19.9 Å². The quantitative estimate of drug-likeness (QED) is 0.817. The Morgan fingerprint density at radius 3 is 2.10 bits per heavy atom. The molecule has 0 fully saturated rings. The third-order valence-electron chi connectivity index (χ3n) is 3.37. The smallest absolute Gasteiger partial charge is 0.404 e. The van der Waals surface area contributed by atoms with Crippen LogP contribution >= 0.6 is 0 Å². The predicted octanol–water partition coefficient (Wildman–Crippen LogP) is 1.57. The van der Waals surface area contributed by atoms with Crippen molar-refractivity contribution in [3.8, 4) is 0 Å². The minimum absolute atomic E-state index is 0.0320. The topological polar surface area (TPSA) is 86.7 Å². The zero-order valence-corrected chi connectivity index (χ0v) is 11.3. The number of carbonyl (C=O) groups excluding carboxylic acids is 2. The van der Waals surface area contributed by atoms with Crippen molar-refractivity contribution in [1.82, 2.24) is 10.2 Å². The monoisotopic (exact) mass is 276 g/mol. The number of imide groups is 1. The summed E-state index contributed by atoms with van der Waals surface area (Å²) in [6, 6.07) is 6.11. The summed E-state index contributed by atoms with van der Waals surface area (Å²) in [6.07, 6.45) is -1.17. The first-order valence-electron chi connectivity index (χ1n) is 6.36. The molecular weight excluding hydrogens is 260 g/mol. The molecule has 0 saturated carbocycles. The summed E-state index contributed by atoms with van der Waals surface area (Å²) in [5.41, 5.74) is 0.741. The number of carboxylic acid groups (broad SMARTS) is 1. The van der Waals surface area contributed by atoms with E-state index in [1.165, 1.54) is 0 Å². The maximum atomic E-state index is 12.2. The van der Waals surface area contributed by atoms with Gasteiger partial charge in [-0.1, -0.05) is 26.0 Å². The fourth-order valence-corrected chi connectivity index (χ4v) is 2.18. The first-order chi connectivity index (χ1) is 9.41. The molecule has 0 saturated heterocycles. The van der Waals surface area contributed by atoms with Crippen LogP contribution in [-0.2, 0) is 0 Å². The van der Waals surface area contributed by atoms with Gasteiger partial charge < -0.3 is 10.4 Å². The Labute approximate surface area is 116 Å². The molecule has 6 heteroatoms. The molecule has 0 radical (unpaired) electrons. The number of benzene rings is 1. The second kappa shape index (κ2) is 5.32. The summed E-state index contributed by atoms with van der Waals surface area (Å²) in [5, 5.41) is 11.2. The Hall–Kier alpha value is -2.37. The van der Waals surface area contributed by atoms with Crippen LogP contribution in [-0.4, -0.2) is 40.5 Å². The molecule has 0 aliphatic carbocycles. The molecule has 1 aromatic carbocycles. The van der Waals surface area contributed by atoms with Crippen molar-refractivity contribution < 1.29 is 19.5 Å². The Morgan fingerprint density at radius 1 is 1.20 bits per heavy atom. The number of fused-ring (bicyclic) bond motifs is 1. The number of amides is 3. The van der Waals surface area contributed by atoms with E-state index in [0.717, 1.165) is 4.90 Å². The van der Waals surface area contributed by atoms with E-state index in [9.17, 15) is 14.4 Å². The van der Waals surface area contributed by atoms with Crippen LogP contribution in [0.2, 0.25) is 0 Å². The average molecular weight is 276 g/mol. The highest BCUT2D eigenvalue weighted by Crippen LogP contribution is 2.23. The standard InChI is InChI=1S/C14H16N2O4/c1-8(2)11(15-14(19)20)7-16-12(17)9-5-3-4-6-10(9)13(16)18/h3-6,8,11,15H,7H2,1-2H3,(H,19,20). The Morgan fingerprint density at radius 2 is 1.70 bits per heavy atom. The molecule has 0 spiro atoms. The Kier molecular flexibility index (Phi) is 3.74. The van der Waals surface area contributed by atoms with Crippen LogP contribution in [0.5, 0.6) is 0 Å². The summed E-state index contributed by atoms with van der Waals surface area (Å²) < 4.78 is 0. The summed E-state index contributed by atoms with van der Waals surface area (Å²) in [6.45, 7) is 3.70. The molecule has 1 aromatic rings. The predicted molar refractivity (Wildman–Crippen MR) is 71.6 cm³/mol. The lowest BCUT2D eigenvalue weighted by Crippen LogP contribution is -2.48. The van der Waals surface area contributed by atoms with E-state index in [0.29, 0.717) is 11.1 Å². The van der Waals surface area contributed by atoms with Crippen LogP contribution in [0, 0.1) is 5.92 Å². The number of hydrogen-bond donors (Lipinski definition) is 2. The van der Waals surface area contributed by atoms with Gasteiger partial charge >= 0.3 is 6.09 Å². The van der Waals surface area contributed by atoms with E-state index >= 15 is 0 Å². The summed E-state index contributed by atoms with van der Waals surface area (Å²) in [7, 11) is 0. The lowest BCUT2D eigenvalue weighted by Gasteiger charge is -2.25. The highest BCUT2D eigenvalue weighted by atomic mass is 16.4. The van der Waals surface area contributed by atoms with Crippen LogP contribution < -0.4 is 5.32 Å². The third-order valence-corrected chi connectivity index (χ3v) is 3.37. The Bertz CT molecular complexity index is 533. The van der Waals surface area contributed by atoms with Gasteiger partial charge in [-0.2, -0.15) is 0 Å². The van der Waals surface area contributed by atoms with Gasteiger partial charge in [0, 0.05) is 6.54 Å². The summed E-state index contributed by atoms with van der Waals surface area (Å²) >= 11 is 0.